The fraction of sp³-hybridized carbons (Fsp3) is 0.467. The maximum absolute atomic E-state index is 12.8. The van der Waals surface area contributed by atoms with Crippen molar-refractivity contribution in [3.63, 3.8) is 0 Å². The summed E-state index contributed by atoms with van der Waals surface area (Å²) in [6.07, 6.45) is 5.31. The molecule has 2 aromatic heterocycles. The van der Waals surface area contributed by atoms with E-state index in [9.17, 15) is 4.79 Å². The molecule has 1 unspecified atom stereocenters. The van der Waals surface area contributed by atoms with Gasteiger partial charge in [0.2, 0.25) is 0 Å². The van der Waals surface area contributed by atoms with Crippen LogP contribution in [0.1, 0.15) is 35.4 Å². The lowest BCUT2D eigenvalue weighted by Gasteiger charge is -2.24. The van der Waals surface area contributed by atoms with Crippen molar-refractivity contribution in [3.8, 4) is 0 Å². The van der Waals surface area contributed by atoms with E-state index in [2.05, 4.69) is 4.98 Å². The van der Waals surface area contributed by atoms with Crippen LogP contribution in [0.2, 0.25) is 0 Å². The highest BCUT2D eigenvalue weighted by Gasteiger charge is 2.31. The smallest absolute Gasteiger partial charge is 0.266 e. The first-order chi connectivity index (χ1) is 10.2. The molecule has 1 amide bonds. The largest absolute Gasteiger partial charge is 0.396 e. The number of nitrogens with zero attached hydrogens (tertiary/aromatic N) is 2. The zero-order chi connectivity index (χ0) is 14.8. The molecule has 0 bridgehead atoms. The van der Waals surface area contributed by atoms with Gasteiger partial charge in [-0.15, -0.1) is 11.3 Å². The molecule has 1 atom stereocenters. The average molecular weight is 305 g/mol. The van der Waals surface area contributed by atoms with E-state index in [1.807, 2.05) is 17.0 Å². The van der Waals surface area contributed by atoms with Crippen LogP contribution in [0.3, 0.4) is 0 Å². The van der Waals surface area contributed by atoms with Crippen LogP contribution in [0.15, 0.2) is 18.3 Å². The van der Waals surface area contributed by atoms with Crippen LogP contribution in [-0.2, 0) is 0 Å². The summed E-state index contributed by atoms with van der Waals surface area (Å²) in [4.78, 5) is 19.5. The van der Waals surface area contributed by atoms with Crippen molar-refractivity contribution in [2.24, 2.45) is 0 Å². The summed E-state index contributed by atoms with van der Waals surface area (Å²) >= 11 is 1.42. The first kappa shape index (κ1) is 14.3. The van der Waals surface area contributed by atoms with E-state index < -0.39 is 0 Å². The molecule has 112 valence electrons. The van der Waals surface area contributed by atoms with Crippen molar-refractivity contribution < 1.29 is 9.90 Å². The quantitative estimate of drug-likeness (QED) is 0.908. The molecule has 1 aliphatic heterocycles. The molecule has 3 heterocycles. The summed E-state index contributed by atoms with van der Waals surface area (Å²) in [5.74, 6) is 0.0101. The molecule has 5 nitrogen and oxygen atoms in total. The molecule has 0 saturated carbocycles. The van der Waals surface area contributed by atoms with E-state index in [0.29, 0.717) is 10.6 Å². The molecule has 3 rings (SSSR count). The maximum atomic E-state index is 12.8. The normalized spacial score (nSPS) is 18.5. The number of hydrogen-bond acceptors (Lipinski definition) is 5. The van der Waals surface area contributed by atoms with Crippen molar-refractivity contribution in [2.45, 2.75) is 31.7 Å². The summed E-state index contributed by atoms with van der Waals surface area (Å²) in [6.45, 7) is 0.948. The van der Waals surface area contributed by atoms with E-state index in [1.54, 1.807) is 6.20 Å². The van der Waals surface area contributed by atoms with Crippen molar-refractivity contribution in [1.29, 1.82) is 0 Å². The maximum Gasteiger partial charge on any atom is 0.266 e. The summed E-state index contributed by atoms with van der Waals surface area (Å²) in [5.41, 5.74) is 7.33. The number of fused-ring (bicyclic) bond motifs is 1. The highest BCUT2D eigenvalue weighted by Crippen LogP contribution is 2.34. The van der Waals surface area contributed by atoms with Gasteiger partial charge in [0.05, 0.1) is 10.4 Å². The Morgan fingerprint density at radius 3 is 3.19 bits per heavy atom. The third-order valence-electron chi connectivity index (χ3n) is 4.01. The zero-order valence-corrected chi connectivity index (χ0v) is 12.6. The molecular weight excluding hydrogens is 286 g/mol. The number of thiophene rings is 1. The van der Waals surface area contributed by atoms with Crippen molar-refractivity contribution in [2.75, 3.05) is 18.9 Å². The molecule has 1 saturated heterocycles. The predicted molar refractivity (Wildman–Crippen MR) is 84.4 cm³/mol. The van der Waals surface area contributed by atoms with Crippen LogP contribution in [0.4, 0.5) is 5.69 Å². The number of aromatic nitrogens is 1. The van der Waals surface area contributed by atoms with Crippen LogP contribution in [0, 0.1) is 0 Å². The first-order valence-corrected chi connectivity index (χ1v) is 8.09. The van der Waals surface area contributed by atoms with Crippen LogP contribution >= 0.6 is 11.3 Å². The monoisotopic (exact) mass is 305 g/mol. The number of nitrogen functional groups attached to an aromatic ring is 1. The van der Waals surface area contributed by atoms with Gasteiger partial charge >= 0.3 is 0 Å². The molecule has 1 aliphatic rings. The number of pyridine rings is 1. The third kappa shape index (κ3) is 2.61. The Kier molecular flexibility index (Phi) is 4.07. The molecule has 2 aromatic rings. The Hall–Kier alpha value is -1.66. The van der Waals surface area contributed by atoms with Gasteiger partial charge in [-0.2, -0.15) is 0 Å². The third-order valence-corrected chi connectivity index (χ3v) is 5.16. The predicted octanol–water partition coefficient (Wildman–Crippen LogP) is 2.26. The lowest BCUT2D eigenvalue weighted by molar-refractivity contribution is 0.0730. The van der Waals surface area contributed by atoms with Crippen LogP contribution in [-0.4, -0.2) is 40.1 Å². The summed E-state index contributed by atoms with van der Waals surface area (Å²) < 4.78 is 0.949. The van der Waals surface area contributed by atoms with Gasteiger partial charge in [0.25, 0.3) is 5.91 Å². The molecule has 0 aromatic carbocycles. The van der Waals surface area contributed by atoms with Gasteiger partial charge < -0.3 is 15.7 Å². The van der Waals surface area contributed by atoms with Crippen molar-refractivity contribution >= 4 is 33.1 Å². The number of aliphatic hydroxyl groups excluding tert-OH is 1. The summed E-state index contributed by atoms with van der Waals surface area (Å²) in [7, 11) is 0. The average Bonchev–Trinajstić information content (AvgIpc) is 3.10. The van der Waals surface area contributed by atoms with Gasteiger partial charge in [0.1, 0.15) is 10.4 Å². The highest BCUT2D eigenvalue weighted by atomic mass is 32.1. The molecule has 3 N–H and O–H groups in total. The van der Waals surface area contributed by atoms with E-state index in [0.717, 1.165) is 42.4 Å². The number of rotatable bonds is 4. The van der Waals surface area contributed by atoms with Gasteiger partial charge in [-0.1, -0.05) is 0 Å². The Morgan fingerprint density at radius 2 is 2.43 bits per heavy atom. The molecular formula is C15H19N3O2S. The lowest BCUT2D eigenvalue weighted by Crippen LogP contribution is -2.35. The van der Waals surface area contributed by atoms with Gasteiger partial charge in [-0.25, -0.2) is 0 Å². The topological polar surface area (TPSA) is 79.5 Å². The van der Waals surface area contributed by atoms with Gasteiger partial charge in [0, 0.05) is 25.4 Å². The van der Waals surface area contributed by atoms with Gasteiger partial charge in [-0.05, 0) is 37.8 Å². The van der Waals surface area contributed by atoms with Gasteiger partial charge in [-0.3, -0.25) is 9.78 Å². The number of aliphatic hydroxyl groups is 1. The summed E-state index contributed by atoms with van der Waals surface area (Å²) in [5, 5.41) is 8.98. The van der Waals surface area contributed by atoms with Crippen LogP contribution < -0.4 is 5.73 Å². The lowest BCUT2D eigenvalue weighted by atomic mass is 10.1. The second kappa shape index (κ2) is 5.99. The highest BCUT2D eigenvalue weighted by molar-refractivity contribution is 7.21. The molecule has 21 heavy (non-hydrogen) atoms. The SMILES string of the molecule is Nc1c(C(=O)N2CCCC2CCCO)sc2cccnc12. The van der Waals surface area contributed by atoms with E-state index in [1.165, 1.54) is 11.3 Å². The van der Waals surface area contributed by atoms with Crippen molar-refractivity contribution in [1.82, 2.24) is 9.88 Å². The van der Waals surface area contributed by atoms with E-state index >= 15 is 0 Å². The Labute approximate surface area is 127 Å². The molecule has 6 heteroatoms. The number of amides is 1. The Balaban J connectivity index is 1.87. The van der Waals surface area contributed by atoms with Crippen LogP contribution in [0.25, 0.3) is 10.2 Å². The molecule has 1 fully saturated rings. The number of carbonyl (C=O) groups excluding carboxylic acids is 1. The van der Waals surface area contributed by atoms with Crippen molar-refractivity contribution in [3.05, 3.63) is 23.2 Å². The molecule has 0 aliphatic carbocycles. The fourth-order valence-electron chi connectivity index (χ4n) is 2.97. The number of hydrogen-bond donors (Lipinski definition) is 2. The number of anilines is 1. The van der Waals surface area contributed by atoms with E-state index in [-0.39, 0.29) is 18.6 Å². The second-order valence-corrected chi connectivity index (χ2v) is 6.41. The second-order valence-electron chi connectivity index (χ2n) is 5.36. The van der Waals surface area contributed by atoms with Gasteiger partial charge in [0.15, 0.2) is 0 Å². The standard InChI is InChI=1S/C15H19N3O2S/c16-12-13-11(6-1-7-17-13)21-14(12)15(20)18-8-2-4-10(18)5-3-9-19/h1,6-7,10,19H,2-5,8-9,16H2. The number of likely N-dealkylation sites (tertiary alicyclic amines) is 1. The number of carbonyl (C=O) groups is 1. The minimum Gasteiger partial charge on any atom is -0.396 e. The molecule has 0 spiro atoms. The van der Waals surface area contributed by atoms with Crippen LogP contribution in [0.5, 0.6) is 0 Å². The Morgan fingerprint density at radius 1 is 1.57 bits per heavy atom. The summed E-state index contributed by atoms with van der Waals surface area (Å²) in [6, 6.07) is 4.02. The Bertz CT molecular complexity index is 655. The van der Waals surface area contributed by atoms with E-state index in [4.69, 9.17) is 10.8 Å². The minimum absolute atomic E-state index is 0.0101. The minimum atomic E-state index is 0.0101. The zero-order valence-electron chi connectivity index (χ0n) is 11.8. The first-order valence-electron chi connectivity index (χ1n) is 7.27. The fourth-order valence-corrected chi connectivity index (χ4v) is 4.00. The number of nitrogens with two attached hydrogens (primary N) is 1. The molecule has 0 radical (unpaired) electrons.